The van der Waals surface area contributed by atoms with Gasteiger partial charge in [0.05, 0.1) is 5.69 Å². The van der Waals surface area contributed by atoms with Gasteiger partial charge in [0.15, 0.2) is 5.82 Å². The number of piperazine rings is 1. The summed E-state index contributed by atoms with van der Waals surface area (Å²) < 4.78 is 15.4. The van der Waals surface area contributed by atoms with Crippen LogP contribution in [-0.4, -0.2) is 48.1 Å². The number of aliphatic imine (C=N–C) groups is 1. The molecule has 2 fully saturated rings. The van der Waals surface area contributed by atoms with Crippen LogP contribution in [0.4, 0.5) is 15.9 Å². The number of pyridine rings is 1. The first-order valence-electron chi connectivity index (χ1n) is 12.9. The molecule has 8 nitrogen and oxygen atoms in total. The molecule has 0 radical (unpaired) electrons. The third-order valence-corrected chi connectivity index (χ3v) is 7.80. The quantitative estimate of drug-likeness (QED) is 0.519. The molecular formula is C27H33FN8. The molecule has 36 heavy (non-hydrogen) atoms. The van der Waals surface area contributed by atoms with Gasteiger partial charge >= 0.3 is 0 Å². The molecule has 6 rings (SSSR count). The molecule has 1 aliphatic carbocycles. The van der Waals surface area contributed by atoms with Crippen LogP contribution in [0.5, 0.6) is 0 Å². The Balaban J connectivity index is 1.19. The van der Waals surface area contributed by atoms with E-state index in [0.717, 1.165) is 37.0 Å². The number of nitrogens with two attached hydrogens (primary N) is 2. The van der Waals surface area contributed by atoms with E-state index in [9.17, 15) is 0 Å². The van der Waals surface area contributed by atoms with Crippen molar-refractivity contribution in [2.24, 2.45) is 16.5 Å². The number of hydrazine groups is 1. The van der Waals surface area contributed by atoms with Gasteiger partial charge in [0, 0.05) is 49.4 Å². The number of fused-ring (bicyclic) bond motifs is 1. The molecule has 9 heteroatoms. The lowest BCUT2D eigenvalue weighted by molar-refractivity contribution is 0.147. The smallest absolute Gasteiger partial charge is 0.215 e. The fourth-order valence-corrected chi connectivity index (χ4v) is 5.83. The van der Waals surface area contributed by atoms with Gasteiger partial charge in [-0.05, 0) is 36.4 Å². The van der Waals surface area contributed by atoms with Gasteiger partial charge in [0.25, 0.3) is 0 Å². The number of nitrogens with zero attached hydrogens (tertiary/aromatic N) is 5. The molecule has 3 aromatic rings. The Morgan fingerprint density at radius 1 is 0.972 bits per heavy atom. The van der Waals surface area contributed by atoms with Crippen LogP contribution in [0.15, 0.2) is 59.7 Å². The number of benzene rings is 2. The highest BCUT2D eigenvalue weighted by atomic mass is 19.1. The van der Waals surface area contributed by atoms with Gasteiger partial charge in [0.2, 0.25) is 11.7 Å². The summed E-state index contributed by atoms with van der Waals surface area (Å²) in [5.74, 6) is -0.943. The summed E-state index contributed by atoms with van der Waals surface area (Å²) in [6.45, 7) is 3.60. The Hall–Kier alpha value is -3.27. The molecule has 3 heterocycles. The number of anilines is 2. The Kier molecular flexibility index (Phi) is 5.99. The van der Waals surface area contributed by atoms with E-state index in [2.05, 4.69) is 25.2 Å². The Morgan fingerprint density at radius 2 is 1.75 bits per heavy atom. The van der Waals surface area contributed by atoms with Crippen molar-refractivity contribution in [2.75, 3.05) is 36.1 Å². The summed E-state index contributed by atoms with van der Waals surface area (Å²) in [7, 11) is 0. The molecule has 2 aromatic carbocycles. The number of aromatic nitrogens is 1. The highest BCUT2D eigenvalue weighted by molar-refractivity contribution is 6.03. The van der Waals surface area contributed by atoms with E-state index in [0.29, 0.717) is 23.1 Å². The monoisotopic (exact) mass is 488 g/mol. The molecule has 0 bridgehead atoms. The average molecular weight is 489 g/mol. The van der Waals surface area contributed by atoms with Crippen molar-refractivity contribution in [3.63, 3.8) is 0 Å². The second kappa shape index (κ2) is 9.31. The van der Waals surface area contributed by atoms with Crippen molar-refractivity contribution in [3.8, 4) is 0 Å². The highest BCUT2D eigenvalue weighted by Crippen LogP contribution is 2.32. The number of hydrogen-bond acceptors (Lipinski definition) is 8. The van der Waals surface area contributed by atoms with Crippen LogP contribution in [0.25, 0.3) is 10.8 Å². The second-order valence-electron chi connectivity index (χ2n) is 10.0. The van der Waals surface area contributed by atoms with Gasteiger partial charge in [0.1, 0.15) is 5.82 Å². The summed E-state index contributed by atoms with van der Waals surface area (Å²) in [5, 5.41) is 3.49. The van der Waals surface area contributed by atoms with Crippen molar-refractivity contribution in [2.45, 2.75) is 43.9 Å². The van der Waals surface area contributed by atoms with Crippen molar-refractivity contribution < 1.29 is 4.39 Å². The fraction of sp³-hybridized carbons (Fsp3) is 0.407. The van der Waals surface area contributed by atoms with Gasteiger partial charge in [-0.3, -0.25) is 10.6 Å². The third kappa shape index (κ3) is 4.17. The largest absolute Gasteiger partial charge is 0.368 e. The lowest BCUT2D eigenvalue weighted by Gasteiger charge is -2.41. The SMILES string of the molecule is NC1=NC(N)(c2ccc(N3CCN(C4CCCCC4)CC3)c(F)c2)NN1c1nccc2ccccc12. The lowest BCUT2D eigenvalue weighted by atomic mass is 9.94. The zero-order valence-corrected chi connectivity index (χ0v) is 20.4. The highest BCUT2D eigenvalue weighted by Gasteiger charge is 2.38. The standard InChI is InChI=1S/C27H33FN8/c28-23-18-20(10-11-24(23)35-16-14-34(15-17-35)21-7-2-1-3-8-21)27(30)32-26(29)36(33-27)25-22-9-5-4-6-19(22)12-13-31-25/h4-6,9-13,18,21,33H,1-3,7-8,14-17,30H2,(H2,29,32). The number of guanidine groups is 1. The van der Waals surface area contributed by atoms with Crippen LogP contribution in [0.2, 0.25) is 0 Å². The molecule has 3 aliphatic rings. The molecule has 1 unspecified atom stereocenters. The number of hydrogen-bond donors (Lipinski definition) is 3. The van der Waals surface area contributed by atoms with Crippen LogP contribution in [0.1, 0.15) is 37.7 Å². The topological polar surface area (TPSA) is 99.0 Å². The maximum absolute atomic E-state index is 15.4. The minimum Gasteiger partial charge on any atom is -0.368 e. The minimum absolute atomic E-state index is 0.171. The summed E-state index contributed by atoms with van der Waals surface area (Å²) in [6.07, 6.45) is 8.32. The van der Waals surface area contributed by atoms with E-state index in [1.165, 1.54) is 38.2 Å². The molecule has 0 spiro atoms. The zero-order chi connectivity index (χ0) is 24.7. The molecule has 2 aliphatic heterocycles. The average Bonchev–Trinajstić information content (AvgIpc) is 3.24. The molecule has 1 aromatic heterocycles. The number of halogens is 1. The zero-order valence-electron chi connectivity index (χ0n) is 20.4. The normalized spacial score (nSPS) is 23.9. The molecular weight excluding hydrogens is 455 g/mol. The van der Waals surface area contributed by atoms with E-state index < -0.39 is 5.79 Å². The number of nitrogens with one attached hydrogen (secondary N) is 1. The first-order valence-corrected chi connectivity index (χ1v) is 12.9. The van der Waals surface area contributed by atoms with Crippen molar-refractivity contribution in [1.29, 1.82) is 0 Å². The second-order valence-corrected chi connectivity index (χ2v) is 10.0. The number of rotatable bonds is 4. The lowest BCUT2D eigenvalue weighted by Crippen LogP contribution is -2.53. The van der Waals surface area contributed by atoms with E-state index in [1.807, 2.05) is 42.5 Å². The molecule has 0 amide bonds. The molecule has 188 valence electrons. The van der Waals surface area contributed by atoms with Crippen molar-refractivity contribution in [3.05, 3.63) is 66.1 Å². The Morgan fingerprint density at radius 3 is 2.53 bits per heavy atom. The van der Waals surface area contributed by atoms with E-state index in [4.69, 9.17) is 11.5 Å². The Bertz CT molecular complexity index is 1280. The van der Waals surface area contributed by atoms with Crippen LogP contribution >= 0.6 is 0 Å². The maximum atomic E-state index is 15.4. The van der Waals surface area contributed by atoms with E-state index in [1.54, 1.807) is 11.2 Å². The van der Waals surface area contributed by atoms with E-state index in [-0.39, 0.29) is 11.8 Å². The van der Waals surface area contributed by atoms with Gasteiger partial charge in [-0.25, -0.2) is 19.4 Å². The molecule has 5 N–H and O–H groups in total. The van der Waals surface area contributed by atoms with Gasteiger partial charge < -0.3 is 10.6 Å². The maximum Gasteiger partial charge on any atom is 0.215 e. The summed E-state index contributed by atoms with van der Waals surface area (Å²) >= 11 is 0. The first-order chi connectivity index (χ1) is 17.5. The summed E-state index contributed by atoms with van der Waals surface area (Å²) in [4.78, 5) is 13.7. The van der Waals surface area contributed by atoms with Crippen LogP contribution < -0.4 is 26.8 Å². The third-order valence-electron chi connectivity index (χ3n) is 7.80. The molecule has 1 saturated heterocycles. The summed E-state index contributed by atoms with van der Waals surface area (Å²) in [6, 6.07) is 15.6. The predicted molar refractivity (Wildman–Crippen MR) is 142 cm³/mol. The van der Waals surface area contributed by atoms with Crippen LogP contribution in [0, 0.1) is 5.82 Å². The molecule has 1 saturated carbocycles. The first kappa shape index (κ1) is 23.1. The predicted octanol–water partition coefficient (Wildman–Crippen LogP) is 3.24. The Labute approximate surface area is 210 Å². The van der Waals surface area contributed by atoms with Crippen LogP contribution in [-0.2, 0) is 5.79 Å². The van der Waals surface area contributed by atoms with Gasteiger partial charge in [-0.15, -0.1) is 0 Å². The van der Waals surface area contributed by atoms with Gasteiger partial charge in [-0.2, -0.15) is 5.43 Å². The van der Waals surface area contributed by atoms with Gasteiger partial charge in [-0.1, -0.05) is 49.6 Å². The van der Waals surface area contributed by atoms with Crippen LogP contribution in [0.3, 0.4) is 0 Å². The molecule has 1 atom stereocenters. The van der Waals surface area contributed by atoms with E-state index >= 15 is 4.39 Å². The fourth-order valence-electron chi connectivity index (χ4n) is 5.83. The van der Waals surface area contributed by atoms with Crippen molar-refractivity contribution >= 4 is 28.2 Å². The minimum atomic E-state index is -1.40. The van der Waals surface area contributed by atoms with Crippen molar-refractivity contribution in [1.82, 2.24) is 15.3 Å². The summed E-state index contributed by atoms with van der Waals surface area (Å²) in [5.41, 5.74) is 17.1.